The van der Waals surface area contributed by atoms with E-state index in [-0.39, 0.29) is 6.10 Å². The Bertz CT molecular complexity index is 108. The van der Waals surface area contributed by atoms with Gasteiger partial charge in [-0.05, 0) is 6.92 Å². The molecule has 0 unspecified atom stereocenters. The molecule has 0 aromatic heterocycles. The van der Waals surface area contributed by atoms with Crippen molar-refractivity contribution in [2.45, 2.75) is 37.2 Å². The number of hydrogen-bond acceptors (Lipinski definition) is 3. The van der Waals surface area contributed by atoms with Crippen LogP contribution in [0.5, 0.6) is 0 Å². The van der Waals surface area contributed by atoms with Crippen LogP contribution < -0.4 is 0 Å². The third kappa shape index (κ3) is 1.61. The predicted octanol–water partition coefficient (Wildman–Crippen LogP) is 0.0819. The van der Waals surface area contributed by atoms with Gasteiger partial charge < -0.3 is 14.9 Å². The number of aliphatic hydroxyl groups is 2. The maximum absolute atomic E-state index is 9.20. The molecule has 0 spiro atoms. The molecule has 3 nitrogen and oxygen atoms in total. The molecule has 1 aliphatic rings. The molecule has 0 aliphatic carbocycles. The molecule has 0 saturated carbocycles. The van der Waals surface area contributed by atoms with E-state index in [0.717, 1.165) is 0 Å². The minimum atomic E-state index is -0.819. The van der Waals surface area contributed by atoms with E-state index in [4.69, 9.17) is 21.4 Å². The maximum atomic E-state index is 9.20. The smallest absolute Gasteiger partial charge is 0.156 e. The van der Waals surface area contributed by atoms with Crippen LogP contribution in [0.25, 0.3) is 0 Å². The van der Waals surface area contributed by atoms with E-state index in [1.54, 1.807) is 6.92 Å². The summed E-state index contributed by atoms with van der Waals surface area (Å²) in [5, 5.41) is 17.8. The molecule has 0 aromatic rings. The molecule has 1 heterocycles. The topological polar surface area (TPSA) is 49.7 Å². The van der Waals surface area contributed by atoms with Crippen LogP contribution in [0, 0.1) is 0 Å². The summed E-state index contributed by atoms with van der Waals surface area (Å²) in [6.07, 6.45) is -1.55. The lowest BCUT2D eigenvalue weighted by Crippen LogP contribution is -2.44. The van der Waals surface area contributed by atoms with E-state index in [2.05, 4.69) is 0 Å². The number of ether oxygens (including phenoxy) is 1. The highest BCUT2D eigenvalue weighted by molar-refractivity contribution is 6.21. The van der Waals surface area contributed by atoms with Gasteiger partial charge in [0.1, 0.15) is 0 Å². The monoisotopic (exact) mass is 166 g/mol. The molecule has 1 aliphatic heterocycles. The molecule has 4 atom stereocenters. The van der Waals surface area contributed by atoms with E-state index in [0.29, 0.717) is 6.42 Å². The standard InChI is InChI=1S/C6H11ClO3/c1-3-6(9)4(7)2-5(8)10-3/h3-6,8-9H,2H2,1H3/t3-,4-,5-,6-/m0/s1. The quantitative estimate of drug-likeness (QED) is 0.502. The number of rotatable bonds is 0. The lowest BCUT2D eigenvalue weighted by Gasteiger charge is -2.32. The van der Waals surface area contributed by atoms with Gasteiger partial charge in [-0.15, -0.1) is 11.6 Å². The van der Waals surface area contributed by atoms with E-state index >= 15 is 0 Å². The Hall–Kier alpha value is 0.170. The summed E-state index contributed by atoms with van der Waals surface area (Å²) in [4.78, 5) is 0. The molecule has 1 rings (SSSR count). The van der Waals surface area contributed by atoms with Gasteiger partial charge in [-0.25, -0.2) is 0 Å². The molecule has 1 saturated heterocycles. The third-order valence-electron chi connectivity index (χ3n) is 1.65. The average Bonchev–Trinajstić information content (AvgIpc) is 1.82. The fraction of sp³-hybridized carbons (Fsp3) is 1.00. The first-order valence-electron chi connectivity index (χ1n) is 3.27. The second-order valence-electron chi connectivity index (χ2n) is 2.54. The molecule has 60 valence electrons. The first-order valence-corrected chi connectivity index (χ1v) is 3.70. The zero-order chi connectivity index (χ0) is 7.72. The summed E-state index contributed by atoms with van der Waals surface area (Å²) in [5.74, 6) is 0. The van der Waals surface area contributed by atoms with Crippen LogP contribution in [-0.2, 0) is 4.74 Å². The minimum Gasteiger partial charge on any atom is -0.389 e. The summed E-state index contributed by atoms with van der Waals surface area (Å²) >= 11 is 5.67. The van der Waals surface area contributed by atoms with Gasteiger partial charge >= 0.3 is 0 Å². The second kappa shape index (κ2) is 3.05. The largest absolute Gasteiger partial charge is 0.389 e. The number of halogens is 1. The van der Waals surface area contributed by atoms with E-state index in [1.165, 1.54) is 0 Å². The van der Waals surface area contributed by atoms with Crippen LogP contribution in [0.2, 0.25) is 0 Å². The Balaban J connectivity index is 2.49. The van der Waals surface area contributed by atoms with Crippen molar-refractivity contribution in [3.05, 3.63) is 0 Å². The van der Waals surface area contributed by atoms with Crippen molar-refractivity contribution in [1.82, 2.24) is 0 Å². The van der Waals surface area contributed by atoms with Gasteiger partial charge in [0.15, 0.2) is 6.29 Å². The average molecular weight is 167 g/mol. The first kappa shape index (κ1) is 8.27. The van der Waals surface area contributed by atoms with Crippen molar-refractivity contribution in [1.29, 1.82) is 0 Å². The van der Waals surface area contributed by atoms with Crippen LogP contribution in [-0.4, -0.2) is 34.1 Å². The molecule has 10 heavy (non-hydrogen) atoms. The summed E-state index contributed by atoms with van der Waals surface area (Å²) in [6, 6.07) is 0. The molecule has 0 radical (unpaired) electrons. The number of alkyl halides is 1. The van der Waals surface area contributed by atoms with Crippen molar-refractivity contribution in [2.75, 3.05) is 0 Å². The van der Waals surface area contributed by atoms with Crippen LogP contribution in [0.15, 0.2) is 0 Å². The van der Waals surface area contributed by atoms with E-state index in [9.17, 15) is 5.11 Å². The Morgan fingerprint density at radius 2 is 2.10 bits per heavy atom. The summed E-state index contributed by atoms with van der Waals surface area (Å²) in [5.41, 5.74) is 0. The highest BCUT2D eigenvalue weighted by Crippen LogP contribution is 2.22. The van der Waals surface area contributed by atoms with Gasteiger partial charge in [0.2, 0.25) is 0 Å². The summed E-state index contributed by atoms with van der Waals surface area (Å²) in [6.45, 7) is 1.68. The third-order valence-corrected chi connectivity index (χ3v) is 2.09. The zero-order valence-corrected chi connectivity index (χ0v) is 6.45. The second-order valence-corrected chi connectivity index (χ2v) is 3.10. The van der Waals surface area contributed by atoms with Gasteiger partial charge in [0.25, 0.3) is 0 Å². The Labute approximate surface area is 64.6 Å². The van der Waals surface area contributed by atoms with Crippen LogP contribution in [0.3, 0.4) is 0 Å². The lowest BCUT2D eigenvalue weighted by atomic mass is 10.1. The van der Waals surface area contributed by atoms with Crippen LogP contribution in [0.1, 0.15) is 13.3 Å². The minimum absolute atomic E-state index is 0.299. The van der Waals surface area contributed by atoms with Crippen LogP contribution in [0.4, 0.5) is 0 Å². The van der Waals surface area contributed by atoms with Crippen molar-refractivity contribution in [2.24, 2.45) is 0 Å². The van der Waals surface area contributed by atoms with Crippen molar-refractivity contribution < 1.29 is 14.9 Å². The fourth-order valence-electron chi connectivity index (χ4n) is 1.01. The Morgan fingerprint density at radius 3 is 2.60 bits per heavy atom. The van der Waals surface area contributed by atoms with Gasteiger partial charge in [0, 0.05) is 6.42 Å². The van der Waals surface area contributed by atoms with Gasteiger partial charge in [-0.2, -0.15) is 0 Å². The molecule has 0 amide bonds. The molecule has 0 aromatic carbocycles. The van der Waals surface area contributed by atoms with Gasteiger partial charge in [-0.3, -0.25) is 0 Å². The van der Waals surface area contributed by atoms with Crippen molar-refractivity contribution in [3.8, 4) is 0 Å². The molecular weight excluding hydrogens is 156 g/mol. The Kier molecular flexibility index (Phi) is 2.52. The highest BCUT2D eigenvalue weighted by Gasteiger charge is 2.32. The molecule has 4 heteroatoms. The number of aliphatic hydroxyl groups excluding tert-OH is 2. The van der Waals surface area contributed by atoms with E-state index < -0.39 is 17.8 Å². The number of hydrogen-bond donors (Lipinski definition) is 2. The van der Waals surface area contributed by atoms with Gasteiger partial charge in [-0.1, -0.05) is 0 Å². The molecular formula is C6H11ClO3. The van der Waals surface area contributed by atoms with E-state index in [1.807, 2.05) is 0 Å². The first-order chi connectivity index (χ1) is 4.61. The highest BCUT2D eigenvalue weighted by atomic mass is 35.5. The summed E-state index contributed by atoms with van der Waals surface area (Å²) < 4.78 is 4.89. The van der Waals surface area contributed by atoms with Gasteiger partial charge in [0.05, 0.1) is 17.6 Å². The maximum Gasteiger partial charge on any atom is 0.156 e. The van der Waals surface area contributed by atoms with Crippen molar-refractivity contribution >= 4 is 11.6 Å². The molecule has 0 bridgehead atoms. The fourth-order valence-corrected chi connectivity index (χ4v) is 1.37. The SMILES string of the molecule is C[C@@H]1O[C@H](O)C[C@H](Cl)[C@H]1O. The molecule has 2 N–H and O–H groups in total. The Morgan fingerprint density at radius 1 is 1.50 bits per heavy atom. The van der Waals surface area contributed by atoms with Crippen LogP contribution >= 0.6 is 11.6 Å². The predicted molar refractivity (Wildman–Crippen MR) is 36.8 cm³/mol. The lowest BCUT2D eigenvalue weighted by molar-refractivity contribution is -0.190. The molecule has 1 fully saturated rings. The zero-order valence-electron chi connectivity index (χ0n) is 5.70. The normalized spacial score (nSPS) is 49.2. The van der Waals surface area contributed by atoms with Crippen molar-refractivity contribution in [3.63, 3.8) is 0 Å². The summed E-state index contributed by atoms with van der Waals surface area (Å²) in [7, 11) is 0.